The van der Waals surface area contributed by atoms with Crippen LogP contribution in [0.15, 0.2) is 48.5 Å². The van der Waals surface area contributed by atoms with Gasteiger partial charge >= 0.3 is 0 Å². The summed E-state index contributed by atoms with van der Waals surface area (Å²) in [4.78, 5) is 24.5. The Morgan fingerprint density at radius 2 is 2.00 bits per heavy atom. The van der Waals surface area contributed by atoms with E-state index in [4.69, 9.17) is 0 Å². The van der Waals surface area contributed by atoms with Crippen LogP contribution in [-0.4, -0.2) is 21.8 Å². The van der Waals surface area contributed by atoms with E-state index in [1.807, 2.05) is 31.2 Å². The molecule has 128 valence electrons. The summed E-state index contributed by atoms with van der Waals surface area (Å²) in [5.74, 6) is -0.660. The molecule has 25 heavy (non-hydrogen) atoms. The minimum absolute atomic E-state index is 0.0630. The standard InChI is InChI=1S/C21H20O4/c1-14-6-7-15(10-17(14)13-22)8-9-18(23)12-21(25)19-5-3-2-4-16(19)11-20(21)24/h2-10,22,25H,11-13H2,1H3/b9-8+. The van der Waals surface area contributed by atoms with E-state index in [1.54, 1.807) is 24.3 Å². The molecule has 1 unspecified atom stereocenters. The summed E-state index contributed by atoms with van der Waals surface area (Å²) in [5, 5.41) is 20.1. The second-order valence-electron chi connectivity index (χ2n) is 6.44. The number of aliphatic hydroxyl groups excluding tert-OH is 1. The number of hydrogen-bond donors (Lipinski definition) is 2. The van der Waals surface area contributed by atoms with Gasteiger partial charge in [-0.2, -0.15) is 0 Å². The predicted octanol–water partition coefficient (Wildman–Crippen LogP) is 2.47. The fraction of sp³-hybridized carbons (Fsp3) is 0.238. The minimum atomic E-state index is -1.73. The molecule has 1 atom stereocenters. The van der Waals surface area contributed by atoms with E-state index in [0.717, 1.165) is 22.3 Å². The first-order valence-corrected chi connectivity index (χ1v) is 8.19. The number of carbonyl (C=O) groups is 2. The van der Waals surface area contributed by atoms with Crippen LogP contribution in [0.4, 0.5) is 0 Å². The molecule has 0 saturated carbocycles. The average molecular weight is 336 g/mol. The van der Waals surface area contributed by atoms with Crippen molar-refractivity contribution in [1.82, 2.24) is 0 Å². The number of allylic oxidation sites excluding steroid dienone is 1. The molecule has 2 aromatic carbocycles. The van der Waals surface area contributed by atoms with Gasteiger partial charge in [-0.05, 0) is 46.9 Å². The number of hydrogen-bond acceptors (Lipinski definition) is 4. The largest absolute Gasteiger partial charge is 0.392 e. The fourth-order valence-electron chi connectivity index (χ4n) is 3.21. The van der Waals surface area contributed by atoms with Gasteiger partial charge in [0.1, 0.15) is 0 Å². The van der Waals surface area contributed by atoms with Crippen LogP contribution >= 0.6 is 0 Å². The summed E-state index contributed by atoms with van der Waals surface area (Å²) in [7, 11) is 0. The van der Waals surface area contributed by atoms with Crippen LogP contribution in [0.3, 0.4) is 0 Å². The van der Waals surface area contributed by atoms with Crippen LogP contribution in [0.2, 0.25) is 0 Å². The maximum absolute atomic E-state index is 12.3. The summed E-state index contributed by atoms with van der Waals surface area (Å²) < 4.78 is 0. The van der Waals surface area contributed by atoms with E-state index < -0.39 is 5.60 Å². The highest BCUT2D eigenvalue weighted by Gasteiger charge is 2.45. The first-order chi connectivity index (χ1) is 11.9. The van der Waals surface area contributed by atoms with E-state index in [-0.39, 0.29) is 31.0 Å². The summed E-state index contributed by atoms with van der Waals surface area (Å²) in [6.07, 6.45) is 2.90. The highest BCUT2D eigenvalue weighted by atomic mass is 16.3. The lowest BCUT2D eigenvalue weighted by Gasteiger charge is -2.20. The van der Waals surface area contributed by atoms with Crippen LogP contribution in [0.1, 0.15) is 34.2 Å². The van der Waals surface area contributed by atoms with Crippen molar-refractivity contribution in [2.24, 2.45) is 0 Å². The first kappa shape index (κ1) is 17.3. The molecule has 0 aliphatic heterocycles. The van der Waals surface area contributed by atoms with E-state index in [2.05, 4.69) is 0 Å². The molecule has 3 rings (SSSR count). The maximum atomic E-state index is 12.3. The monoisotopic (exact) mass is 336 g/mol. The van der Waals surface area contributed by atoms with Crippen molar-refractivity contribution in [1.29, 1.82) is 0 Å². The van der Waals surface area contributed by atoms with Crippen LogP contribution < -0.4 is 0 Å². The van der Waals surface area contributed by atoms with E-state index in [1.165, 1.54) is 6.08 Å². The van der Waals surface area contributed by atoms with Gasteiger partial charge in [-0.15, -0.1) is 0 Å². The Hall–Kier alpha value is -2.56. The van der Waals surface area contributed by atoms with Crippen LogP contribution in [-0.2, 0) is 28.2 Å². The predicted molar refractivity (Wildman–Crippen MR) is 94.8 cm³/mol. The first-order valence-electron chi connectivity index (χ1n) is 8.19. The lowest BCUT2D eigenvalue weighted by molar-refractivity contribution is -0.140. The Labute approximate surface area is 146 Å². The van der Waals surface area contributed by atoms with Gasteiger partial charge in [-0.25, -0.2) is 0 Å². The SMILES string of the molecule is Cc1ccc(/C=C/C(=O)CC2(O)C(=O)Cc3ccccc32)cc1CO. The molecule has 0 heterocycles. The lowest BCUT2D eigenvalue weighted by atomic mass is 9.89. The Balaban J connectivity index is 1.78. The Morgan fingerprint density at radius 3 is 2.76 bits per heavy atom. The van der Waals surface area contributed by atoms with E-state index in [9.17, 15) is 19.8 Å². The van der Waals surface area contributed by atoms with Crippen molar-refractivity contribution in [2.75, 3.05) is 0 Å². The normalized spacial score (nSPS) is 19.4. The topological polar surface area (TPSA) is 74.6 Å². The number of carbonyl (C=O) groups excluding carboxylic acids is 2. The summed E-state index contributed by atoms with van der Waals surface area (Å²) in [5.41, 5.74) is 2.13. The Kier molecular flexibility index (Phi) is 4.66. The number of aliphatic hydroxyl groups is 2. The number of ketones is 2. The minimum Gasteiger partial charge on any atom is -0.392 e. The van der Waals surface area contributed by atoms with Crippen molar-refractivity contribution in [3.8, 4) is 0 Å². The van der Waals surface area contributed by atoms with Crippen LogP contribution in [0.25, 0.3) is 6.08 Å². The van der Waals surface area contributed by atoms with Crippen LogP contribution in [0, 0.1) is 6.92 Å². The molecule has 1 aliphatic rings. The molecular weight excluding hydrogens is 316 g/mol. The Bertz CT molecular complexity index is 866. The summed E-state index contributed by atoms with van der Waals surface area (Å²) in [6, 6.07) is 12.6. The quantitative estimate of drug-likeness (QED) is 0.823. The van der Waals surface area contributed by atoms with Crippen molar-refractivity contribution >= 4 is 17.6 Å². The van der Waals surface area contributed by atoms with Crippen LogP contribution in [0.5, 0.6) is 0 Å². The highest BCUT2D eigenvalue weighted by molar-refractivity contribution is 6.02. The zero-order valence-corrected chi connectivity index (χ0v) is 14.0. The van der Waals surface area contributed by atoms with Gasteiger partial charge < -0.3 is 10.2 Å². The third kappa shape index (κ3) is 3.31. The molecule has 0 spiro atoms. The number of fused-ring (bicyclic) bond motifs is 1. The highest BCUT2D eigenvalue weighted by Crippen LogP contribution is 2.36. The molecule has 0 bridgehead atoms. The van der Waals surface area contributed by atoms with Gasteiger partial charge in [0.05, 0.1) is 13.0 Å². The maximum Gasteiger partial charge on any atom is 0.173 e. The van der Waals surface area contributed by atoms with Crippen molar-refractivity contribution < 1.29 is 19.8 Å². The van der Waals surface area contributed by atoms with Gasteiger partial charge in [0.2, 0.25) is 0 Å². The van der Waals surface area contributed by atoms with E-state index >= 15 is 0 Å². The van der Waals surface area contributed by atoms with Crippen molar-refractivity contribution in [3.05, 3.63) is 76.4 Å². The average Bonchev–Trinajstić information content (AvgIpc) is 2.85. The lowest BCUT2D eigenvalue weighted by Crippen LogP contribution is -2.34. The van der Waals surface area contributed by atoms with Gasteiger partial charge in [0, 0.05) is 6.42 Å². The van der Waals surface area contributed by atoms with Crippen molar-refractivity contribution in [2.45, 2.75) is 32.0 Å². The summed E-state index contributed by atoms with van der Waals surface area (Å²) in [6.45, 7) is 1.84. The number of Topliss-reactive ketones (excluding diaryl/α,β-unsaturated/α-hetero) is 1. The molecule has 0 aromatic heterocycles. The number of rotatable bonds is 5. The number of aryl methyl sites for hydroxylation is 1. The third-order valence-electron chi connectivity index (χ3n) is 4.71. The smallest absolute Gasteiger partial charge is 0.173 e. The molecule has 4 nitrogen and oxygen atoms in total. The van der Waals surface area contributed by atoms with E-state index in [0.29, 0.717) is 5.56 Å². The molecule has 1 aliphatic carbocycles. The van der Waals surface area contributed by atoms with Gasteiger partial charge in [0.25, 0.3) is 0 Å². The molecule has 2 aromatic rings. The molecule has 0 radical (unpaired) electrons. The summed E-state index contributed by atoms with van der Waals surface area (Å²) >= 11 is 0. The molecule has 4 heteroatoms. The second kappa shape index (κ2) is 6.75. The molecule has 0 amide bonds. The van der Waals surface area contributed by atoms with Gasteiger partial charge in [-0.3, -0.25) is 9.59 Å². The zero-order chi connectivity index (χ0) is 18.0. The Morgan fingerprint density at radius 1 is 1.24 bits per heavy atom. The third-order valence-corrected chi connectivity index (χ3v) is 4.71. The molecule has 2 N–H and O–H groups in total. The fourth-order valence-corrected chi connectivity index (χ4v) is 3.21. The van der Waals surface area contributed by atoms with Crippen molar-refractivity contribution in [3.63, 3.8) is 0 Å². The van der Waals surface area contributed by atoms with Gasteiger partial charge in [-0.1, -0.05) is 42.5 Å². The number of benzene rings is 2. The zero-order valence-electron chi connectivity index (χ0n) is 14.0. The molecule has 0 saturated heterocycles. The molecular formula is C21H20O4. The second-order valence-corrected chi connectivity index (χ2v) is 6.44. The van der Waals surface area contributed by atoms with Gasteiger partial charge in [0.15, 0.2) is 17.2 Å². The molecule has 0 fully saturated rings.